The van der Waals surface area contributed by atoms with Gasteiger partial charge in [0.1, 0.15) is 5.82 Å². The SMILES string of the molecule is C=CCC(C)(Cc1ccccc1F)NC(=O)c1cnc2ccsc2c1. The molecule has 2 heterocycles. The zero-order valence-corrected chi connectivity index (χ0v) is 14.8. The number of hydrogen-bond donors (Lipinski definition) is 1. The van der Waals surface area contributed by atoms with Gasteiger partial charge in [-0.2, -0.15) is 0 Å². The van der Waals surface area contributed by atoms with Crippen LogP contribution in [0.25, 0.3) is 10.2 Å². The van der Waals surface area contributed by atoms with Gasteiger partial charge in [0, 0.05) is 11.7 Å². The van der Waals surface area contributed by atoms with Crippen molar-refractivity contribution >= 4 is 27.5 Å². The third kappa shape index (κ3) is 3.94. The molecule has 0 aliphatic carbocycles. The highest BCUT2D eigenvalue weighted by Crippen LogP contribution is 2.22. The van der Waals surface area contributed by atoms with E-state index >= 15 is 0 Å². The fraction of sp³-hybridized carbons (Fsp3) is 0.200. The summed E-state index contributed by atoms with van der Waals surface area (Å²) in [6, 6.07) is 10.4. The van der Waals surface area contributed by atoms with Gasteiger partial charge in [0.05, 0.1) is 15.8 Å². The molecule has 0 saturated carbocycles. The number of nitrogens with zero attached hydrogens (tertiary/aromatic N) is 1. The van der Waals surface area contributed by atoms with E-state index in [1.54, 1.807) is 41.8 Å². The van der Waals surface area contributed by atoms with Gasteiger partial charge in [-0.25, -0.2) is 4.39 Å². The molecule has 25 heavy (non-hydrogen) atoms. The van der Waals surface area contributed by atoms with Crippen LogP contribution in [0.15, 0.2) is 60.6 Å². The number of hydrogen-bond acceptors (Lipinski definition) is 3. The molecule has 0 aliphatic rings. The van der Waals surface area contributed by atoms with E-state index < -0.39 is 5.54 Å². The van der Waals surface area contributed by atoms with Crippen molar-refractivity contribution in [3.63, 3.8) is 0 Å². The molecule has 1 N–H and O–H groups in total. The minimum atomic E-state index is -0.633. The summed E-state index contributed by atoms with van der Waals surface area (Å²) in [4.78, 5) is 17.0. The number of fused-ring (bicyclic) bond motifs is 1. The Balaban J connectivity index is 1.83. The zero-order valence-electron chi connectivity index (χ0n) is 14.0. The number of carbonyl (C=O) groups is 1. The molecule has 1 atom stereocenters. The Bertz CT molecular complexity index is 921. The minimum Gasteiger partial charge on any atom is -0.346 e. The lowest BCUT2D eigenvalue weighted by Gasteiger charge is -2.30. The van der Waals surface area contributed by atoms with Crippen LogP contribution in [-0.2, 0) is 6.42 Å². The molecule has 128 valence electrons. The number of halogens is 1. The van der Waals surface area contributed by atoms with Crippen LogP contribution in [0.4, 0.5) is 4.39 Å². The monoisotopic (exact) mass is 354 g/mol. The van der Waals surface area contributed by atoms with Crippen LogP contribution in [-0.4, -0.2) is 16.4 Å². The Morgan fingerprint density at radius 3 is 2.96 bits per heavy atom. The van der Waals surface area contributed by atoms with Crippen molar-refractivity contribution in [2.45, 2.75) is 25.3 Å². The molecule has 0 fully saturated rings. The van der Waals surface area contributed by atoms with E-state index in [-0.39, 0.29) is 11.7 Å². The summed E-state index contributed by atoms with van der Waals surface area (Å²) in [5, 5.41) is 4.97. The molecule has 0 bridgehead atoms. The van der Waals surface area contributed by atoms with Crippen molar-refractivity contribution in [3.8, 4) is 0 Å². The third-order valence-corrected chi connectivity index (χ3v) is 4.97. The molecule has 2 aromatic heterocycles. The predicted molar refractivity (Wildman–Crippen MR) is 100 cm³/mol. The van der Waals surface area contributed by atoms with Gasteiger partial charge in [-0.3, -0.25) is 9.78 Å². The second kappa shape index (κ2) is 7.15. The van der Waals surface area contributed by atoms with Crippen molar-refractivity contribution in [2.75, 3.05) is 0 Å². The predicted octanol–water partition coefficient (Wildman–Crippen LogP) is 4.74. The van der Waals surface area contributed by atoms with Crippen molar-refractivity contribution in [1.82, 2.24) is 10.3 Å². The van der Waals surface area contributed by atoms with Crippen molar-refractivity contribution in [2.24, 2.45) is 0 Å². The van der Waals surface area contributed by atoms with E-state index in [0.29, 0.717) is 24.0 Å². The highest BCUT2D eigenvalue weighted by atomic mass is 32.1. The molecule has 0 spiro atoms. The molecule has 5 heteroatoms. The van der Waals surface area contributed by atoms with Crippen molar-refractivity contribution in [3.05, 3.63) is 77.6 Å². The Hall–Kier alpha value is -2.53. The van der Waals surface area contributed by atoms with Gasteiger partial charge in [0.25, 0.3) is 5.91 Å². The Labute approximate surface area is 150 Å². The van der Waals surface area contributed by atoms with Crippen LogP contribution in [0.2, 0.25) is 0 Å². The minimum absolute atomic E-state index is 0.219. The van der Waals surface area contributed by atoms with E-state index in [1.807, 2.05) is 24.4 Å². The van der Waals surface area contributed by atoms with E-state index in [1.165, 1.54) is 6.07 Å². The molecule has 0 radical (unpaired) electrons. The Morgan fingerprint density at radius 1 is 1.40 bits per heavy atom. The maximum Gasteiger partial charge on any atom is 0.253 e. The summed E-state index contributed by atoms with van der Waals surface area (Å²) in [6.45, 7) is 5.67. The molecule has 1 aromatic carbocycles. The second-order valence-corrected chi connectivity index (χ2v) is 7.25. The average molecular weight is 354 g/mol. The van der Waals surface area contributed by atoms with Crippen molar-refractivity contribution in [1.29, 1.82) is 0 Å². The highest BCUT2D eigenvalue weighted by Gasteiger charge is 2.27. The first-order valence-electron chi connectivity index (χ1n) is 8.01. The largest absolute Gasteiger partial charge is 0.346 e. The standard InChI is InChI=1S/C20H19FN2OS/c1-3-9-20(2,12-14-6-4-5-7-16(14)21)23-19(24)15-11-18-17(22-13-15)8-10-25-18/h3-8,10-11,13H,1,9,12H2,2H3,(H,23,24). The summed E-state index contributed by atoms with van der Waals surface area (Å²) >= 11 is 1.54. The summed E-state index contributed by atoms with van der Waals surface area (Å²) < 4.78 is 15.0. The number of aromatic nitrogens is 1. The van der Waals surface area contributed by atoms with Crippen LogP contribution >= 0.6 is 11.3 Å². The van der Waals surface area contributed by atoms with E-state index in [4.69, 9.17) is 0 Å². The Morgan fingerprint density at radius 2 is 2.20 bits per heavy atom. The smallest absolute Gasteiger partial charge is 0.253 e. The second-order valence-electron chi connectivity index (χ2n) is 6.30. The van der Waals surface area contributed by atoms with Gasteiger partial charge in [0.2, 0.25) is 0 Å². The number of rotatable bonds is 6. The first-order valence-corrected chi connectivity index (χ1v) is 8.89. The lowest BCUT2D eigenvalue weighted by molar-refractivity contribution is 0.0906. The maximum absolute atomic E-state index is 14.0. The van der Waals surface area contributed by atoms with E-state index in [0.717, 1.165) is 10.2 Å². The lowest BCUT2D eigenvalue weighted by Crippen LogP contribution is -2.47. The number of pyridine rings is 1. The molecule has 0 aliphatic heterocycles. The first-order chi connectivity index (χ1) is 12.0. The third-order valence-electron chi connectivity index (χ3n) is 4.11. The number of nitrogens with one attached hydrogen (secondary N) is 1. The fourth-order valence-corrected chi connectivity index (χ4v) is 3.65. The Kier molecular flexibility index (Phi) is 4.95. The summed E-state index contributed by atoms with van der Waals surface area (Å²) in [5.41, 5.74) is 1.31. The number of carbonyl (C=O) groups excluding carboxylic acids is 1. The summed E-state index contributed by atoms with van der Waals surface area (Å²) in [5.74, 6) is -0.489. The summed E-state index contributed by atoms with van der Waals surface area (Å²) in [7, 11) is 0. The van der Waals surface area contributed by atoms with Gasteiger partial charge in [-0.05, 0) is 48.9 Å². The van der Waals surface area contributed by atoms with E-state index in [9.17, 15) is 9.18 Å². The first kappa shape index (κ1) is 17.3. The fourth-order valence-electron chi connectivity index (χ4n) is 2.86. The molecular weight excluding hydrogens is 335 g/mol. The quantitative estimate of drug-likeness (QED) is 0.650. The summed E-state index contributed by atoms with van der Waals surface area (Å²) in [6.07, 6.45) is 4.22. The van der Waals surface area contributed by atoms with Crippen LogP contribution < -0.4 is 5.32 Å². The topological polar surface area (TPSA) is 42.0 Å². The maximum atomic E-state index is 14.0. The molecule has 3 nitrogen and oxygen atoms in total. The molecule has 1 unspecified atom stereocenters. The van der Waals surface area contributed by atoms with Crippen LogP contribution in [0.1, 0.15) is 29.3 Å². The molecular formula is C20H19FN2OS. The number of thiophene rings is 1. The molecule has 1 amide bonds. The van der Waals surface area contributed by atoms with Crippen molar-refractivity contribution < 1.29 is 9.18 Å². The van der Waals surface area contributed by atoms with E-state index in [2.05, 4.69) is 16.9 Å². The zero-order chi connectivity index (χ0) is 17.9. The van der Waals surface area contributed by atoms with Gasteiger partial charge in [-0.1, -0.05) is 24.3 Å². The van der Waals surface area contributed by atoms with Gasteiger partial charge in [0.15, 0.2) is 0 Å². The highest BCUT2D eigenvalue weighted by molar-refractivity contribution is 7.17. The van der Waals surface area contributed by atoms with Crippen LogP contribution in [0.5, 0.6) is 0 Å². The van der Waals surface area contributed by atoms with Crippen LogP contribution in [0, 0.1) is 5.82 Å². The van der Waals surface area contributed by atoms with Gasteiger partial charge < -0.3 is 5.32 Å². The molecule has 0 saturated heterocycles. The van der Waals surface area contributed by atoms with Crippen LogP contribution in [0.3, 0.4) is 0 Å². The number of benzene rings is 1. The molecule has 3 aromatic rings. The average Bonchev–Trinajstić information content (AvgIpc) is 3.04. The number of amides is 1. The van der Waals surface area contributed by atoms with Gasteiger partial charge >= 0.3 is 0 Å². The van der Waals surface area contributed by atoms with Gasteiger partial charge in [-0.15, -0.1) is 17.9 Å². The normalized spacial score (nSPS) is 13.4. The molecule has 3 rings (SSSR count). The lowest BCUT2D eigenvalue weighted by atomic mass is 9.89.